The molecular formula is C83H84F12O3. The predicted molar refractivity (Wildman–Crippen MR) is 371 cm³/mol. The van der Waals surface area contributed by atoms with Crippen LogP contribution in [0.3, 0.4) is 0 Å². The van der Waals surface area contributed by atoms with Crippen LogP contribution < -0.4 is 14.2 Å². The van der Waals surface area contributed by atoms with Crippen molar-refractivity contribution in [3.05, 3.63) is 303 Å². The number of rotatable bonds is 9. The Kier molecular flexibility index (Phi) is 25.4. The highest BCUT2D eigenvalue weighted by Crippen LogP contribution is 2.56. The molecule has 0 bridgehead atoms. The molecule has 0 saturated carbocycles. The van der Waals surface area contributed by atoms with Crippen molar-refractivity contribution in [1.29, 1.82) is 0 Å². The highest BCUT2D eigenvalue weighted by molar-refractivity contribution is 5.66. The number of halogens is 12. The summed E-state index contributed by atoms with van der Waals surface area (Å²) in [6, 6.07) is 41.3. The van der Waals surface area contributed by atoms with Gasteiger partial charge in [-0.1, -0.05) is 97.1 Å². The normalized spacial score (nSPS) is 11.3. The van der Waals surface area contributed by atoms with E-state index in [0.717, 1.165) is 35.8 Å². The summed E-state index contributed by atoms with van der Waals surface area (Å²) in [7, 11) is 0. The number of ether oxygens (including phenoxy) is 3. The Bertz CT molecular complexity index is 4160. The summed E-state index contributed by atoms with van der Waals surface area (Å²) in [6.07, 6.45) is -11.1. The molecule has 10 aromatic carbocycles. The lowest BCUT2D eigenvalue weighted by atomic mass is 9.71. The summed E-state index contributed by atoms with van der Waals surface area (Å²) in [5.74, 6) is -7.75. The molecule has 518 valence electrons. The zero-order chi connectivity index (χ0) is 73.4. The van der Waals surface area contributed by atoms with Gasteiger partial charge < -0.3 is 14.2 Å². The SMILES string of the molecule is Cc1c(C)c(F)c(Oc2ccc(Oc3c(F)c(C)c(C)c(F)c3F)cc2)c(F)c1F.Cc1cc(C)c(C)cc1C.Cc1ccc(-c2ccc(C)c(C)c2)cc1C.Cc1ccc(C(c2ccc(C)c(C)c2)(C(F)(F)F)C(F)(F)F)cc1C.Cc1ccc(Oc2ccc(C)c(C)c2)cc1C. The van der Waals surface area contributed by atoms with Crippen molar-refractivity contribution < 1.29 is 66.9 Å². The van der Waals surface area contributed by atoms with Crippen molar-refractivity contribution >= 4 is 0 Å². The van der Waals surface area contributed by atoms with Crippen molar-refractivity contribution in [3.8, 4) is 45.6 Å². The lowest BCUT2D eigenvalue weighted by molar-refractivity contribution is -0.288. The van der Waals surface area contributed by atoms with Crippen molar-refractivity contribution in [2.45, 2.75) is 156 Å². The van der Waals surface area contributed by atoms with E-state index in [0.29, 0.717) is 22.3 Å². The van der Waals surface area contributed by atoms with E-state index in [1.807, 2.05) is 12.1 Å². The molecule has 0 aliphatic rings. The second-order valence-corrected chi connectivity index (χ2v) is 25.3. The minimum atomic E-state index is -5.55. The Morgan fingerprint density at radius 2 is 0.449 bits per heavy atom. The van der Waals surface area contributed by atoms with Gasteiger partial charge in [-0.05, 0) is 321 Å². The van der Waals surface area contributed by atoms with Gasteiger partial charge in [-0.2, -0.15) is 35.1 Å². The van der Waals surface area contributed by atoms with Crippen LogP contribution in [0.2, 0.25) is 0 Å². The minimum absolute atomic E-state index is 0.0879. The summed E-state index contributed by atoms with van der Waals surface area (Å²) in [6.45, 7) is 37.0. The van der Waals surface area contributed by atoms with Crippen LogP contribution in [0.1, 0.15) is 122 Å². The van der Waals surface area contributed by atoms with E-state index in [4.69, 9.17) is 14.2 Å². The molecule has 0 aliphatic heterocycles. The summed E-state index contributed by atoms with van der Waals surface area (Å²) in [5.41, 5.74) is 14.4. The Labute approximate surface area is 569 Å². The Hall–Kier alpha value is -9.24. The van der Waals surface area contributed by atoms with Gasteiger partial charge in [0.1, 0.15) is 23.0 Å². The van der Waals surface area contributed by atoms with Crippen LogP contribution in [0, 0.1) is 173 Å². The third kappa shape index (κ3) is 17.9. The van der Waals surface area contributed by atoms with Gasteiger partial charge in [0.15, 0.2) is 23.3 Å². The van der Waals surface area contributed by atoms with Crippen LogP contribution in [0.5, 0.6) is 34.5 Å². The van der Waals surface area contributed by atoms with Crippen LogP contribution >= 0.6 is 0 Å². The first-order valence-corrected chi connectivity index (χ1v) is 31.6. The fourth-order valence-corrected chi connectivity index (χ4v) is 10.3. The van der Waals surface area contributed by atoms with Crippen LogP contribution in [0.4, 0.5) is 52.7 Å². The standard InChI is InChI=1S/C22H16F6O2.C19H18F6.C16H18O.C16H18.C10H14/c1-9-11(3)17(25)21(19(27)15(9)23)29-13-5-7-14(8-6-13)30-22-18(26)12(4)10(2)16(24)20(22)28;1-11-5-7-15(9-13(11)3)17(18(20,21)22,19(23,24)25)16-8-6-12(2)14(4)10-16;1-11-5-7-15(9-13(11)3)17-16-8-6-12(2)14(4)10-16;1-11-5-7-15(9-13(11)3)16-8-6-12(2)14(4)10-16;1-7-5-9(3)10(4)6-8(7)2/h5-8H,1-4H3;5-10H,1-4H3;5-10H,1-4H3;5-10H,1-4H3;5-6H,1-4H3. The lowest BCUT2D eigenvalue weighted by Crippen LogP contribution is -2.54. The van der Waals surface area contributed by atoms with E-state index in [9.17, 15) is 52.7 Å². The summed E-state index contributed by atoms with van der Waals surface area (Å²) >= 11 is 0. The smallest absolute Gasteiger partial charge is 0.411 e. The molecule has 0 fully saturated rings. The lowest BCUT2D eigenvalue weighted by Gasteiger charge is -2.38. The Morgan fingerprint density at radius 1 is 0.214 bits per heavy atom. The molecule has 3 nitrogen and oxygen atoms in total. The van der Waals surface area contributed by atoms with E-state index in [1.165, 1.54) is 156 Å². The molecule has 0 aromatic heterocycles. The maximum Gasteiger partial charge on any atom is 0.411 e. The number of hydrogen-bond donors (Lipinski definition) is 0. The molecule has 0 radical (unpaired) electrons. The van der Waals surface area contributed by atoms with Gasteiger partial charge in [-0.15, -0.1) is 0 Å². The first-order valence-electron chi connectivity index (χ1n) is 31.6. The van der Waals surface area contributed by atoms with E-state index in [-0.39, 0.29) is 33.8 Å². The van der Waals surface area contributed by atoms with Crippen LogP contribution in [-0.2, 0) is 5.41 Å². The highest BCUT2D eigenvalue weighted by Gasteiger charge is 2.72. The van der Waals surface area contributed by atoms with E-state index < -0.39 is 75.3 Å². The summed E-state index contributed by atoms with van der Waals surface area (Å²) in [4.78, 5) is 0. The number of alkyl halides is 6. The number of benzene rings is 10. The molecule has 0 N–H and O–H groups in total. The molecular weight excluding hydrogens is 1270 g/mol. The van der Waals surface area contributed by atoms with Gasteiger partial charge in [0.25, 0.3) is 0 Å². The van der Waals surface area contributed by atoms with Gasteiger partial charge in [0, 0.05) is 0 Å². The fourth-order valence-electron chi connectivity index (χ4n) is 10.3. The molecule has 98 heavy (non-hydrogen) atoms. The number of hydrogen-bond acceptors (Lipinski definition) is 3. The van der Waals surface area contributed by atoms with Gasteiger partial charge in [0.2, 0.25) is 28.5 Å². The fraction of sp³-hybridized carbons (Fsp3) is 0.277. The van der Waals surface area contributed by atoms with Crippen molar-refractivity contribution in [1.82, 2.24) is 0 Å². The second-order valence-electron chi connectivity index (χ2n) is 25.3. The molecule has 15 heteroatoms. The first-order chi connectivity index (χ1) is 45.6. The van der Waals surface area contributed by atoms with E-state index in [2.05, 4.69) is 156 Å². The summed E-state index contributed by atoms with van der Waals surface area (Å²) in [5, 5.41) is 0. The maximum atomic E-state index is 14.3. The molecule has 0 amide bonds. The molecule has 0 saturated heterocycles. The number of aryl methyl sites for hydroxylation is 16. The second kappa shape index (κ2) is 32.0. The monoisotopic (exact) mass is 1360 g/mol. The van der Waals surface area contributed by atoms with Crippen LogP contribution in [-0.4, -0.2) is 12.4 Å². The van der Waals surface area contributed by atoms with Gasteiger partial charge in [-0.3, -0.25) is 0 Å². The molecule has 0 spiro atoms. The highest BCUT2D eigenvalue weighted by atomic mass is 19.4. The van der Waals surface area contributed by atoms with E-state index in [1.54, 1.807) is 13.8 Å². The average molecular weight is 1360 g/mol. The van der Waals surface area contributed by atoms with Crippen molar-refractivity contribution in [2.75, 3.05) is 0 Å². The molecule has 0 heterocycles. The van der Waals surface area contributed by atoms with Crippen LogP contribution in [0.25, 0.3) is 11.1 Å². The van der Waals surface area contributed by atoms with Crippen molar-refractivity contribution in [2.24, 2.45) is 0 Å². The quantitative estimate of drug-likeness (QED) is 0.106. The van der Waals surface area contributed by atoms with E-state index >= 15 is 0 Å². The first kappa shape index (κ1) is 77.8. The summed E-state index contributed by atoms with van der Waals surface area (Å²) < 4.78 is 184. The average Bonchev–Trinajstić information content (AvgIpc) is 0.714. The van der Waals surface area contributed by atoms with Crippen LogP contribution in [0.15, 0.2) is 146 Å². The maximum absolute atomic E-state index is 14.3. The topological polar surface area (TPSA) is 27.7 Å². The molecule has 0 aliphatic carbocycles. The Balaban J connectivity index is 0.000000202. The van der Waals surface area contributed by atoms with Gasteiger partial charge in [-0.25, -0.2) is 17.6 Å². The zero-order valence-electron chi connectivity index (χ0n) is 59.1. The molecule has 0 atom stereocenters. The third-order valence-corrected chi connectivity index (χ3v) is 18.3. The van der Waals surface area contributed by atoms with Gasteiger partial charge in [0.05, 0.1) is 0 Å². The third-order valence-electron chi connectivity index (χ3n) is 18.3. The molecule has 10 aromatic rings. The molecule has 0 unspecified atom stereocenters. The minimum Gasteiger partial charge on any atom is -0.457 e. The predicted octanol–water partition coefficient (Wildman–Crippen LogP) is 25.9. The van der Waals surface area contributed by atoms with Crippen molar-refractivity contribution in [3.63, 3.8) is 0 Å². The zero-order valence-corrected chi connectivity index (χ0v) is 59.1. The Morgan fingerprint density at radius 3 is 0.714 bits per heavy atom. The van der Waals surface area contributed by atoms with Gasteiger partial charge >= 0.3 is 12.4 Å². The molecule has 10 rings (SSSR count). The largest absolute Gasteiger partial charge is 0.457 e.